The number of ether oxygens (including phenoxy) is 1. The van der Waals surface area contributed by atoms with Crippen LogP contribution >= 0.6 is 11.9 Å². The quantitative estimate of drug-likeness (QED) is 0.373. The Bertz CT molecular complexity index is 1150. The summed E-state index contributed by atoms with van der Waals surface area (Å²) in [5, 5.41) is 5.88. The molecular formula is C30H42N6OS. The first-order valence-electron chi connectivity index (χ1n) is 14.0. The van der Waals surface area contributed by atoms with E-state index in [1.807, 2.05) is 19.0 Å². The number of benzene rings is 1. The Labute approximate surface area is 232 Å². The lowest BCUT2D eigenvalue weighted by molar-refractivity contribution is 0.0464. The van der Waals surface area contributed by atoms with Gasteiger partial charge >= 0.3 is 0 Å². The van der Waals surface area contributed by atoms with Crippen LogP contribution in [0.1, 0.15) is 50.8 Å². The molecule has 4 aliphatic heterocycles. The molecule has 5 rings (SSSR count). The van der Waals surface area contributed by atoms with Crippen molar-refractivity contribution in [1.82, 2.24) is 25.0 Å². The van der Waals surface area contributed by atoms with Gasteiger partial charge in [0.2, 0.25) is 0 Å². The number of hydrogen-bond acceptors (Lipinski definition) is 8. The molecule has 8 heteroatoms. The average Bonchev–Trinajstić information content (AvgIpc) is 3.43. The van der Waals surface area contributed by atoms with Crippen LogP contribution in [-0.2, 0) is 4.74 Å². The number of aliphatic imine (C=N–C) groups is 1. The monoisotopic (exact) mass is 534 g/mol. The van der Waals surface area contributed by atoms with Gasteiger partial charge in [0.05, 0.1) is 19.3 Å². The fraction of sp³-hybridized carbons (Fsp3) is 0.500. The van der Waals surface area contributed by atoms with Gasteiger partial charge in [0, 0.05) is 42.6 Å². The van der Waals surface area contributed by atoms with Gasteiger partial charge in [-0.1, -0.05) is 61.7 Å². The van der Waals surface area contributed by atoms with Crippen LogP contribution in [0.3, 0.4) is 0 Å². The molecule has 7 nitrogen and oxygen atoms in total. The van der Waals surface area contributed by atoms with Crippen LogP contribution in [0.4, 0.5) is 0 Å². The number of hydrogen-bond donors (Lipinski definition) is 2. The Morgan fingerprint density at radius 1 is 1.32 bits per heavy atom. The first-order valence-corrected chi connectivity index (χ1v) is 14.8. The van der Waals surface area contributed by atoms with Crippen LogP contribution in [-0.4, -0.2) is 64.7 Å². The summed E-state index contributed by atoms with van der Waals surface area (Å²) in [6.45, 7) is 12.3. The summed E-state index contributed by atoms with van der Waals surface area (Å²) in [4.78, 5) is 7.66. The van der Waals surface area contributed by atoms with Crippen molar-refractivity contribution in [3.05, 3.63) is 83.1 Å². The minimum atomic E-state index is 0.125. The van der Waals surface area contributed by atoms with Gasteiger partial charge < -0.3 is 15.0 Å². The van der Waals surface area contributed by atoms with E-state index in [9.17, 15) is 0 Å². The zero-order chi connectivity index (χ0) is 26.6. The number of hydrazine groups is 1. The molecule has 4 atom stereocenters. The topological polar surface area (TPSA) is 55.4 Å². The number of morpholine rings is 1. The zero-order valence-corrected chi connectivity index (χ0v) is 24.2. The standard InChI is InChI=1S/C30H42N6OS/c1-6-8-24(18-22(3)31-5)26-19-29-32-28(35-12-11-27(33-35)25-10-7-9-21(2)17-25)20-30(36(29)38-23(26)4)34-13-15-37-16-14-34/h7,9-12,17-20,22-23,26-27,31,33H,6,8,13-16H2,1-5H3/b24-18+. The third-order valence-corrected chi connectivity index (χ3v) is 8.80. The van der Waals surface area contributed by atoms with E-state index in [2.05, 4.69) is 107 Å². The second kappa shape index (κ2) is 12.1. The van der Waals surface area contributed by atoms with Gasteiger partial charge in [-0.2, -0.15) is 0 Å². The Morgan fingerprint density at radius 3 is 2.87 bits per heavy atom. The van der Waals surface area contributed by atoms with E-state index in [4.69, 9.17) is 9.73 Å². The minimum absolute atomic E-state index is 0.125. The maximum atomic E-state index is 5.68. The summed E-state index contributed by atoms with van der Waals surface area (Å²) in [6.07, 6.45) is 13.6. The van der Waals surface area contributed by atoms with Gasteiger partial charge in [-0.15, -0.1) is 0 Å². The van der Waals surface area contributed by atoms with Gasteiger partial charge in [-0.25, -0.2) is 10.4 Å². The van der Waals surface area contributed by atoms with Crippen molar-refractivity contribution >= 4 is 17.8 Å². The highest BCUT2D eigenvalue weighted by Gasteiger charge is 2.36. The molecule has 1 saturated heterocycles. The molecule has 38 heavy (non-hydrogen) atoms. The maximum Gasteiger partial charge on any atom is 0.153 e. The Hall–Kier alpha value is -2.52. The normalized spacial score (nSPS) is 26.7. The molecule has 4 unspecified atom stereocenters. The maximum absolute atomic E-state index is 5.68. The molecule has 0 aromatic heterocycles. The van der Waals surface area contributed by atoms with Crippen molar-refractivity contribution in [3.63, 3.8) is 0 Å². The van der Waals surface area contributed by atoms with Crippen LogP contribution in [0.5, 0.6) is 0 Å². The number of allylic oxidation sites excluding steroid dienone is 2. The third kappa shape index (κ3) is 5.88. The molecule has 0 spiro atoms. The molecule has 1 aromatic carbocycles. The molecule has 4 aliphatic rings. The number of amidine groups is 1. The van der Waals surface area contributed by atoms with Crippen molar-refractivity contribution < 1.29 is 4.74 Å². The molecule has 4 heterocycles. The smallest absolute Gasteiger partial charge is 0.153 e. The number of aryl methyl sites for hydroxylation is 1. The zero-order valence-electron chi connectivity index (χ0n) is 23.4. The van der Waals surface area contributed by atoms with E-state index in [0.29, 0.717) is 17.2 Å². The lowest BCUT2D eigenvalue weighted by atomic mass is 9.90. The minimum Gasteiger partial charge on any atom is -0.378 e. The second-order valence-electron chi connectivity index (χ2n) is 10.5. The summed E-state index contributed by atoms with van der Waals surface area (Å²) in [7, 11) is 2.03. The lowest BCUT2D eigenvalue weighted by Crippen LogP contribution is -2.45. The van der Waals surface area contributed by atoms with Crippen LogP contribution in [0.25, 0.3) is 0 Å². The molecule has 0 aliphatic carbocycles. The number of fused-ring (bicyclic) bond motifs is 1. The number of likely N-dealkylation sites (N-methyl/N-ethyl adjacent to an activating group) is 1. The average molecular weight is 535 g/mol. The van der Waals surface area contributed by atoms with E-state index in [-0.39, 0.29) is 6.04 Å². The SMILES string of the molecule is CCC/C(=C\C(C)NC)C1C=C2N=C(N3C=CC(c4cccc(C)c4)N3)C=C(N3CCOCC3)N2SC1C. The van der Waals surface area contributed by atoms with E-state index in [1.54, 1.807) is 0 Å². The first kappa shape index (κ1) is 27.1. The highest BCUT2D eigenvalue weighted by Crippen LogP contribution is 2.44. The summed E-state index contributed by atoms with van der Waals surface area (Å²) < 4.78 is 8.03. The molecule has 204 valence electrons. The van der Waals surface area contributed by atoms with Gasteiger partial charge in [-0.05, 0) is 57.0 Å². The lowest BCUT2D eigenvalue weighted by Gasteiger charge is -2.43. The molecule has 1 aromatic rings. The Kier molecular flexibility index (Phi) is 8.63. The molecular weight excluding hydrogens is 492 g/mol. The van der Waals surface area contributed by atoms with Crippen molar-refractivity contribution in [2.24, 2.45) is 10.9 Å². The molecule has 0 saturated carbocycles. The first-order chi connectivity index (χ1) is 18.5. The molecule has 0 radical (unpaired) electrons. The van der Waals surface area contributed by atoms with Crippen LogP contribution < -0.4 is 10.7 Å². The van der Waals surface area contributed by atoms with Crippen LogP contribution in [0, 0.1) is 12.8 Å². The van der Waals surface area contributed by atoms with Crippen LogP contribution in [0.2, 0.25) is 0 Å². The Morgan fingerprint density at radius 2 is 2.13 bits per heavy atom. The van der Waals surface area contributed by atoms with Gasteiger partial charge in [0.1, 0.15) is 11.6 Å². The van der Waals surface area contributed by atoms with Gasteiger partial charge in [-0.3, -0.25) is 9.31 Å². The fourth-order valence-electron chi connectivity index (χ4n) is 5.43. The number of nitrogens with one attached hydrogen (secondary N) is 2. The highest BCUT2D eigenvalue weighted by atomic mass is 32.2. The molecule has 2 N–H and O–H groups in total. The van der Waals surface area contributed by atoms with Crippen molar-refractivity contribution in [3.8, 4) is 0 Å². The van der Waals surface area contributed by atoms with Crippen molar-refractivity contribution in [1.29, 1.82) is 0 Å². The summed E-state index contributed by atoms with van der Waals surface area (Å²) in [5.41, 5.74) is 7.68. The predicted octanol–water partition coefficient (Wildman–Crippen LogP) is 5.10. The number of nitrogens with zero attached hydrogens (tertiary/aromatic N) is 4. The fourth-order valence-corrected chi connectivity index (χ4v) is 6.63. The van der Waals surface area contributed by atoms with Gasteiger partial charge in [0.25, 0.3) is 0 Å². The van der Waals surface area contributed by atoms with Crippen LogP contribution in [0.15, 0.2) is 77.0 Å². The van der Waals surface area contributed by atoms with Crippen molar-refractivity contribution in [2.45, 2.75) is 57.9 Å². The van der Waals surface area contributed by atoms with Gasteiger partial charge in [0.15, 0.2) is 5.84 Å². The van der Waals surface area contributed by atoms with E-state index in [1.165, 1.54) is 22.5 Å². The molecule has 0 bridgehead atoms. The summed E-state index contributed by atoms with van der Waals surface area (Å²) in [6, 6.07) is 9.15. The third-order valence-electron chi connectivity index (χ3n) is 7.58. The van der Waals surface area contributed by atoms with E-state index in [0.717, 1.165) is 50.8 Å². The second-order valence-corrected chi connectivity index (χ2v) is 11.8. The molecule has 1 fully saturated rings. The number of rotatable bonds is 7. The summed E-state index contributed by atoms with van der Waals surface area (Å²) >= 11 is 1.90. The highest BCUT2D eigenvalue weighted by molar-refractivity contribution is 7.97. The predicted molar refractivity (Wildman–Crippen MR) is 158 cm³/mol. The Balaban J connectivity index is 1.48. The summed E-state index contributed by atoms with van der Waals surface area (Å²) in [5.74, 6) is 3.47. The van der Waals surface area contributed by atoms with E-state index < -0.39 is 0 Å². The van der Waals surface area contributed by atoms with Crippen molar-refractivity contribution in [2.75, 3.05) is 33.4 Å². The van der Waals surface area contributed by atoms with E-state index >= 15 is 0 Å². The molecule has 0 amide bonds. The largest absolute Gasteiger partial charge is 0.378 e.